The fourth-order valence-electron chi connectivity index (χ4n) is 2.74. The van der Waals surface area contributed by atoms with Crippen molar-refractivity contribution >= 4 is 5.82 Å². The molecule has 0 bridgehead atoms. The number of hydrogen-bond donors (Lipinski definition) is 1. The second-order valence-electron chi connectivity index (χ2n) is 5.31. The van der Waals surface area contributed by atoms with Gasteiger partial charge in [-0.2, -0.15) is 4.98 Å². The lowest BCUT2D eigenvalue weighted by molar-refractivity contribution is 0.293. The summed E-state index contributed by atoms with van der Waals surface area (Å²) < 4.78 is 5.40. The van der Waals surface area contributed by atoms with Gasteiger partial charge >= 0.3 is 0 Å². The second kappa shape index (κ2) is 6.62. The lowest BCUT2D eigenvalue weighted by Crippen LogP contribution is -2.21. The van der Waals surface area contributed by atoms with E-state index in [4.69, 9.17) is 4.74 Å². The van der Waals surface area contributed by atoms with Crippen LogP contribution in [-0.4, -0.2) is 18.1 Å². The standard InChI is InChI=1S/C15H24N2O/c1-3-18-15-9-5-8-14(17-15)16-11-13-7-4-6-12(2)10-13/h5,8-9,12-13H,3-4,6-7,10-11H2,1-2H3,(H,16,17). The first kappa shape index (κ1) is 13.2. The molecule has 3 nitrogen and oxygen atoms in total. The van der Waals surface area contributed by atoms with Crippen molar-refractivity contribution in [2.75, 3.05) is 18.5 Å². The van der Waals surface area contributed by atoms with Crippen LogP contribution < -0.4 is 10.1 Å². The van der Waals surface area contributed by atoms with Crippen molar-refractivity contribution < 1.29 is 4.74 Å². The van der Waals surface area contributed by atoms with Crippen LogP contribution >= 0.6 is 0 Å². The van der Waals surface area contributed by atoms with Crippen molar-refractivity contribution in [1.29, 1.82) is 0 Å². The molecule has 100 valence electrons. The molecule has 1 aliphatic carbocycles. The Morgan fingerprint density at radius 1 is 1.39 bits per heavy atom. The van der Waals surface area contributed by atoms with Gasteiger partial charge in [-0.25, -0.2) is 0 Å². The Balaban J connectivity index is 1.83. The van der Waals surface area contributed by atoms with Crippen molar-refractivity contribution in [2.24, 2.45) is 11.8 Å². The minimum atomic E-state index is 0.663. The monoisotopic (exact) mass is 248 g/mol. The first-order valence-electron chi connectivity index (χ1n) is 7.11. The van der Waals surface area contributed by atoms with Crippen LogP contribution in [0.3, 0.4) is 0 Å². The van der Waals surface area contributed by atoms with Gasteiger partial charge in [0.25, 0.3) is 0 Å². The fourth-order valence-corrected chi connectivity index (χ4v) is 2.74. The maximum Gasteiger partial charge on any atom is 0.215 e. The first-order chi connectivity index (χ1) is 8.78. The van der Waals surface area contributed by atoms with Gasteiger partial charge in [-0.1, -0.05) is 25.8 Å². The molecule has 0 radical (unpaired) electrons. The Labute approximate surface area is 110 Å². The van der Waals surface area contributed by atoms with E-state index in [1.54, 1.807) is 0 Å². The topological polar surface area (TPSA) is 34.1 Å². The molecular formula is C15H24N2O. The maximum absolute atomic E-state index is 5.40. The van der Waals surface area contributed by atoms with Gasteiger partial charge < -0.3 is 10.1 Å². The molecule has 18 heavy (non-hydrogen) atoms. The van der Waals surface area contributed by atoms with Gasteiger partial charge in [0.2, 0.25) is 5.88 Å². The molecule has 0 saturated heterocycles. The van der Waals surface area contributed by atoms with E-state index in [-0.39, 0.29) is 0 Å². The van der Waals surface area contributed by atoms with Crippen molar-refractivity contribution in [2.45, 2.75) is 39.5 Å². The van der Waals surface area contributed by atoms with Gasteiger partial charge in [0.05, 0.1) is 6.61 Å². The second-order valence-corrected chi connectivity index (χ2v) is 5.31. The third-order valence-electron chi connectivity index (χ3n) is 3.63. The number of hydrogen-bond acceptors (Lipinski definition) is 3. The number of nitrogens with one attached hydrogen (secondary N) is 1. The molecule has 1 fully saturated rings. The zero-order valence-corrected chi connectivity index (χ0v) is 11.5. The largest absolute Gasteiger partial charge is 0.478 e. The summed E-state index contributed by atoms with van der Waals surface area (Å²) in [7, 11) is 0. The normalized spacial score (nSPS) is 23.7. The van der Waals surface area contributed by atoms with E-state index in [1.807, 2.05) is 25.1 Å². The first-order valence-corrected chi connectivity index (χ1v) is 7.11. The smallest absolute Gasteiger partial charge is 0.215 e. The lowest BCUT2D eigenvalue weighted by Gasteiger charge is -2.26. The van der Waals surface area contributed by atoms with Gasteiger partial charge in [0.15, 0.2) is 0 Å². The van der Waals surface area contributed by atoms with E-state index in [9.17, 15) is 0 Å². The molecule has 2 rings (SSSR count). The van der Waals surface area contributed by atoms with E-state index in [0.717, 1.165) is 24.2 Å². The third-order valence-corrected chi connectivity index (χ3v) is 3.63. The molecule has 1 aliphatic rings. The van der Waals surface area contributed by atoms with Crippen LogP contribution in [0, 0.1) is 11.8 Å². The quantitative estimate of drug-likeness (QED) is 0.862. The molecule has 1 heterocycles. The van der Waals surface area contributed by atoms with E-state index < -0.39 is 0 Å². The molecule has 1 N–H and O–H groups in total. The molecule has 2 unspecified atom stereocenters. The van der Waals surface area contributed by atoms with Crippen LogP contribution in [0.2, 0.25) is 0 Å². The highest BCUT2D eigenvalue weighted by Gasteiger charge is 2.18. The van der Waals surface area contributed by atoms with Crippen molar-refractivity contribution in [3.8, 4) is 5.88 Å². The molecule has 1 saturated carbocycles. The molecule has 0 aliphatic heterocycles. The molecule has 1 aromatic heterocycles. The zero-order chi connectivity index (χ0) is 12.8. The molecular weight excluding hydrogens is 224 g/mol. The van der Waals surface area contributed by atoms with Gasteiger partial charge in [-0.3, -0.25) is 0 Å². The average Bonchev–Trinajstić information content (AvgIpc) is 2.37. The molecule has 0 amide bonds. The molecule has 3 heteroatoms. The minimum absolute atomic E-state index is 0.663. The summed E-state index contributed by atoms with van der Waals surface area (Å²) in [4.78, 5) is 4.43. The minimum Gasteiger partial charge on any atom is -0.478 e. The Kier molecular flexibility index (Phi) is 4.85. The van der Waals surface area contributed by atoms with Crippen molar-refractivity contribution in [1.82, 2.24) is 4.98 Å². The van der Waals surface area contributed by atoms with Crippen LogP contribution in [0.15, 0.2) is 18.2 Å². The van der Waals surface area contributed by atoms with Gasteiger partial charge in [0, 0.05) is 12.6 Å². The highest BCUT2D eigenvalue weighted by atomic mass is 16.5. The average molecular weight is 248 g/mol. The number of ether oxygens (including phenoxy) is 1. The summed E-state index contributed by atoms with van der Waals surface area (Å²) in [5.74, 6) is 3.32. The molecule has 2 atom stereocenters. The van der Waals surface area contributed by atoms with E-state index in [1.165, 1.54) is 25.7 Å². The van der Waals surface area contributed by atoms with E-state index >= 15 is 0 Å². The van der Waals surface area contributed by atoms with E-state index in [0.29, 0.717) is 12.5 Å². The molecule has 0 aromatic carbocycles. The molecule has 0 spiro atoms. The van der Waals surface area contributed by atoms with Gasteiger partial charge in [0.1, 0.15) is 5.82 Å². The van der Waals surface area contributed by atoms with Gasteiger partial charge in [-0.05, 0) is 37.7 Å². The van der Waals surface area contributed by atoms with E-state index in [2.05, 4.69) is 17.2 Å². The highest BCUT2D eigenvalue weighted by Crippen LogP contribution is 2.28. The highest BCUT2D eigenvalue weighted by molar-refractivity contribution is 5.37. The lowest BCUT2D eigenvalue weighted by atomic mass is 9.82. The van der Waals surface area contributed by atoms with Crippen LogP contribution in [-0.2, 0) is 0 Å². The summed E-state index contributed by atoms with van der Waals surface area (Å²) in [5, 5.41) is 3.44. The fraction of sp³-hybridized carbons (Fsp3) is 0.667. The summed E-state index contributed by atoms with van der Waals surface area (Å²) in [5.41, 5.74) is 0. The SMILES string of the molecule is CCOc1cccc(NCC2CCCC(C)C2)n1. The Hall–Kier alpha value is -1.25. The van der Waals surface area contributed by atoms with Crippen LogP contribution in [0.5, 0.6) is 5.88 Å². The Morgan fingerprint density at radius 3 is 3.06 bits per heavy atom. The Morgan fingerprint density at radius 2 is 2.28 bits per heavy atom. The number of nitrogens with zero attached hydrogens (tertiary/aromatic N) is 1. The predicted octanol–water partition coefficient (Wildman–Crippen LogP) is 3.72. The Bertz CT molecular complexity index is 367. The predicted molar refractivity (Wildman–Crippen MR) is 75.0 cm³/mol. The van der Waals surface area contributed by atoms with Crippen molar-refractivity contribution in [3.05, 3.63) is 18.2 Å². The van der Waals surface area contributed by atoms with Crippen molar-refractivity contribution in [3.63, 3.8) is 0 Å². The number of rotatable bonds is 5. The summed E-state index contributed by atoms with van der Waals surface area (Å²) >= 11 is 0. The summed E-state index contributed by atoms with van der Waals surface area (Å²) in [6.45, 7) is 6.04. The zero-order valence-electron chi connectivity index (χ0n) is 11.5. The number of pyridine rings is 1. The van der Waals surface area contributed by atoms with Crippen LogP contribution in [0.25, 0.3) is 0 Å². The van der Waals surface area contributed by atoms with Gasteiger partial charge in [-0.15, -0.1) is 0 Å². The molecule has 1 aromatic rings. The third kappa shape index (κ3) is 3.90. The number of anilines is 1. The summed E-state index contributed by atoms with van der Waals surface area (Å²) in [6.07, 6.45) is 5.47. The summed E-state index contributed by atoms with van der Waals surface area (Å²) in [6, 6.07) is 5.90. The van der Waals surface area contributed by atoms with Crippen LogP contribution in [0.4, 0.5) is 5.82 Å². The number of aromatic nitrogens is 1. The van der Waals surface area contributed by atoms with Crippen LogP contribution in [0.1, 0.15) is 39.5 Å². The maximum atomic E-state index is 5.40.